The molecule has 8 nitrogen and oxygen atoms in total. The van der Waals surface area contributed by atoms with E-state index in [0.29, 0.717) is 17.2 Å². The van der Waals surface area contributed by atoms with E-state index in [9.17, 15) is 14.4 Å². The standard InChI is InChI=1S/C21H24N2O6/c1-14-5-7-15(8-6-14)22-19(24)12-23(2)20(25)13-29-21(26)17-11-16(27-3)9-10-18(17)28-4/h5-11H,12-13H2,1-4H3,(H,22,24). The molecular formula is C21H24N2O6. The molecule has 2 aromatic rings. The number of nitrogens with zero attached hydrogens (tertiary/aromatic N) is 1. The fraction of sp³-hybridized carbons (Fsp3) is 0.286. The lowest BCUT2D eigenvalue weighted by molar-refractivity contribution is -0.136. The molecule has 2 aromatic carbocycles. The molecule has 2 rings (SSSR count). The minimum Gasteiger partial charge on any atom is -0.497 e. The van der Waals surface area contributed by atoms with Gasteiger partial charge < -0.3 is 24.4 Å². The maximum Gasteiger partial charge on any atom is 0.342 e. The second-order valence-electron chi connectivity index (χ2n) is 6.31. The Morgan fingerprint density at radius 1 is 1.00 bits per heavy atom. The number of hydrogen-bond donors (Lipinski definition) is 1. The summed E-state index contributed by atoms with van der Waals surface area (Å²) in [5.74, 6) is -0.848. The number of hydrogen-bond acceptors (Lipinski definition) is 6. The first-order chi connectivity index (χ1) is 13.8. The fourth-order valence-electron chi connectivity index (χ4n) is 2.43. The van der Waals surface area contributed by atoms with Crippen LogP contribution in [0, 0.1) is 6.92 Å². The predicted octanol–water partition coefficient (Wildman–Crippen LogP) is 2.27. The van der Waals surface area contributed by atoms with Crippen LogP contribution in [0.5, 0.6) is 11.5 Å². The van der Waals surface area contributed by atoms with E-state index >= 15 is 0 Å². The number of carbonyl (C=O) groups is 3. The smallest absolute Gasteiger partial charge is 0.342 e. The van der Waals surface area contributed by atoms with Gasteiger partial charge in [-0.05, 0) is 37.3 Å². The Morgan fingerprint density at radius 3 is 2.31 bits per heavy atom. The summed E-state index contributed by atoms with van der Waals surface area (Å²) in [6.07, 6.45) is 0. The SMILES string of the molecule is COc1ccc(OC)c(C(=O)OCC(=O)N(C)CC(=O)Nc2ccc(C)cc2)c1. The normalized spacial score (nSPS) is 10.1. The van der Waals surface area contributed by atoms with Crippen LogP contribution in [0.1, 0.15) is 15.9 Å². The van der Waals surface area contributed by atoms with E-state index in [-0.39, 0.29) is 18.0 Å². The monoisotopic (exact) mass is 400 g/mol. The van der Waals surface area contributed by atoms with Crippen LogP contribution in [0.2, 0.25) is 0 Å². The largest absolute Gasteiger partial charge is 0.497 e. The number of carbonyl (C=O) groups excluding carboxylic acids is 3. The van der Waals surface area contributed by atoms with Crippen molar-refractivity contribution >= 4 is 23.5 Å². The zero-order chi connectivity index (χ0) is 21.4. The van der Waals surface area contributed by atoms with Gasteiger partial charge in [0, 0.05) is 12.7 Å². The average molecular weight is 400 g/mol. The van der Waals surface area contributed by atoms with Crippen molar-refractivity contribution in [1.82, 2.24) is 4.90 Å². The molecule has 154 valence electrons. The summed E-state index contributed by atoms with van der Waals surface area (Å²) in [6, 6.07) is 12.0. The zero-order valence-corrected chi connectivity index (χ0v) is 16.9. The number of nitrogens with one attached hydrogen (secondary N) is 1. The molecule has 0 unspecified atom stereocenters. The summed E-state index contributed by atoms with van der Waals surface area (Å²) in [7, 11) is 4.35. The molecule has 0 aromatic heterocycles. The molecular weight excluding hydrogens is 376 g/mol. The number of amides is 2. The Balaban J connectivity index is 1.88. The molecule has 0 heterocycles. The van der Waals surface area contributed by atoms with E-state index in [1.807, 2.05) is 19.1 Å². The molecule has 0 atom stereocenters. The van der Waals surface area contributed by atoms with Gasteiger partial charge in [0.25, 0.3) is 5.91 Å². The maximum absolute atomic E-state index is 12.3. The Bertz CT molecular complexity index is 879. The van der Waals surface area contributed by atoms with Crippen molar-refractivity contribution in [3.63, 3.8) is 0 Å². The van der Waals surface area contributed by atoms with Crippen LogP contribution in [0.25, 0.3) is 0 Å². The van der Waals surface area contributed by atoms with Crippen LogP contribution in [-0.2, 0) is 14.3 Å². The second-order valence-corrected chi connectivity index (χ2v) is 6.31. The van der Waals surface area contributed by atoms with E-state index in [2.05, 4.69) is 5.32 Å². The topological polar surface area (TPSA) is 94.2 Å². The second kappa shape index (κ2) is 10.1. The Kier molecular flexibility index (Phi) is 7.59. The number of methoxy groups -OCH3 is 2. The van der Waals surface area contributed by atoms with E-state index < -0.39 is 18.5 Å². The molecule has 0 aliphatic carbocycles. The number of aryl methyl sites for hydroxylation is 1. The van der Waals surface area contributed by atoms with Gasteiger partial charge >= 0.3 is 5.97 Å². The first-order valence-electron chi connectivity index (χ1n) is 8.83. The number of anilines is 1. The Morgan fingerprint density at radius 2 is 1.69 bits per heavy atom. The molecule has 0 saturated carbocycles. The van der Waals surface area contributed by atoms with Crippen LogP contribution in [0.3, 0.4) is 0 Å². The van der Waals surface area contributed by atoms with Gasteiger partial charge in [0.05, 0.1) is 20.8 Å². The highest BCUT2D eigenvalue weighted by atomic mass is 16.5. The summed E-state index contributed by atoms with van der Waals surface area (Å²) in [6.45, 7) is 1.26. The van der Waals surface area contributed by atoms with Gasteiger partial charge in [-0.2, -0.15) is 0 Å². The lowest BCUT2D eigenvalue weighted by Gasteiger charge is -2.17. The van der Waals surface area contributed by atoms with E-state index in [0.717, 1.165) is 5.56 Å². The lowest BCUT2D eigenvalue weighted by Crippen LogP contribution is -2.37. The minimum absolute atomic E-state index is 0.138. The van der Waals surface area contributed by atoms with Crippen LogP contribution in [0.4, 0.5) is 5.69 Å². The number of rotatable bonds is 8. The first kappa shape index (κ1) is 21.7. The van der Waals surface area contributed by atoms with Crippen molar-refractivity contribution in [2.75, 3.05) is 39.7 Å². The number of benzene rings is 2. The molecule has 0 aliphatic heterocycles. The van der Waals surface area contributed by atoms with Crippen LogP contribution in [-0.4, -0.2) is 57.1 Å². The zero-order valence-electron chi connectivity index (χ0n) is 16.9. The predicted molar refractivity (Wildman–Crippen MR) is 107 cm³/mol. The molecule has 0 aliphatic rings. The molecule has 0 radical (unpaired) electrons. The highest BCUT2D eigenvalue weighted by Crippen LogP contribution is 2.24. The molecule has 0 bridgehead atoms. The molecule has 1 N–H and O–H groups in total. The van der Waals surface area contributed by atoms with E-state index in [1.165, 1.54) is 32.2 Å². The minimum atomic E-state index is -0.730. The van der Waals surface area contributed by atoms with Gasteiger partial charge in [0.15, 0.2) is 6.61 Å². The van der Waals surface area contributed by atoms with Crippen LogP contribution in [0.15, 0.2) is 42.5 Å². The van der Waals surface area contributed by atoms with Gasteiger partial charge in [-0.3, -0.25) is 9.59 Å². The van der Waals surface area contributed by atoms with Crippen molar-refractivity contribution in [3.05, 3.63) is 53.6 Å². The van der Waals surface area contributed by atoms with Crippen molar-refractivity contribution in [2.24, 2.45) is 0 Å². The van der Waals surface area contributed by atoms with Gasteiger partial charge in [0.2, 0.25) is 5.91 Å². The highest BCUT2D eigenvalue weighted by Gasteiger charge is 2.19. The molecule has 0 saturated heterocycles. The summed E-state index contributed by atoms with van der Waals surface area (Å²) in [4.78, 5) is 37.8. The quantitative estimate of drug-likeness (QED) is 0.683. The third kappa shape index (κ3) is 6.24. The molecule has 0 spiro atoms. The summed E-state index contributed by atoms with van der Waals surface area (Å²) in [5, 5.41) is 2.70. The van der Waals surface area contributed by atoms with Crippen molar-refractivity contribution < 1.29 is 28.6 Å². The van der Waals surface area contributed by atoms with Gasteiger partial charge in [0.1, 0.15) is 17.1 Å². The van der Waals surface area contributed by atoms with Crippen molar-refractivity contribution in [2.45, 2.75) is 6.92 Å². The Hall–Kier alpha value is -3.55. The number of ether oxygens (including phenoxy) is 3. The van der Waals surface area contributed by atoms with Crippen molar-refractivity contribution in [1.29, 1.82) is 0 Å². The molecule has 29 heavy (non-hydrogen) atoms. The van der Waals surface area contributed by atoms with Gasteiger partial charge in [-0.25, -0.2) is 4.79 Å². The summed E-state index contributed by atoms with van der Waals surface area (Å²) < 4.78 is 15.3. The molecule has 0 fully saturated rings. The van der Waals surface area contributed by atoms with Crippen LogP contribution >= 0.6 is 0 Å². The molecule has 2 amide bonds. The lowest BCUT2D eigenvalue weighted by atomic mass is 10.2. The fourth-order valence-corrected chi connectivity index (χ4v) is 2.43. The maximum atomic E-state index is 12.3. The van der Waals surface area contributed by atoms with Crippen molar-refractivity contribution in [3.8, 4) is 11.5 Å². The third-order valence-electron chi connectivity index (χ3n) is 4.10. The average Bonchev–Trinajstić information content (AvgIpc) is 2.72. The highest BCUT2D eigenvalue weighted by molar-refractivity contribution is 5.96. The Labute approximate surface area is 169 Å². The number of likely N-dealkylation sites (N-methyl/N-ethyl adjacent to an activating group) is 1. The number of esters is 1. The summed E-state index contributed by atoms with van der Waals surface area (Å²) >= 11 is 0. The van der Waals surface area contributed by atoms with Crippen LogP contribution < -0.4 is 14.8 Å². The molecule has 8 heteroatoms. The third-order valence-corrected chi connectivity index (χ3v) is 4.10. The van der Waals surface area contributed by atoms with Gasteiger partial charge in [-0.15, -0.1) is 0 Å². The summed E-state index contributed by atoms with van der Waals surface area (Å²) in [5.41, 5.74) is 1.85. The first-order valence-corrected chi connectivity index (χ1v) is 8.83. The van der Waals surface area contributed by atoms with Gasteiger partial charge in [-0.1, -0.05) is 17.7 Å². The van der Waals surface area contributed by atoms with E-state index in [1.54, 1.807) is 24.3 Å². The van der Waals surface area contributed by atoms with E-state index in [4.69, 9.17) is 14.2 Å².